The minimum atomic E-state index is 1.07. The van der Waals surface area contributed by atoms with Gasteiger partial charge in [0.2, 0.25) is 0 Å². The molecule has 0 unspecified atom stereocenters. The lowest BCUT2D eigenvalue weighted by Gasteiger charge is -2.03. The Labute approximate surface area is 82.2 Å². The Morgan fingerprint density at radius 2 is 2.00 bits per heavy atom. The highest BCUT2D eigenvalue weighted by Crippen LogP contribution is 1.96. The maximum Gasteiger partial charge on any atom is 0.0143 e. The topological polar surface area (TPSA) is 12.0 Å². The van der Waals surface area contributed by atoms with Crippen LogP contribution in [0, 0.1) is 0 Å². The summed E-state index contributed by atoms with van der Waals surface area (Å²) in [6, 6.07) is 0. The second-order valence-corrected chi connectivity index (χ2v) is 3.24. The van der Waals surface area contributed by atoms with Gasteiger partial charge in [-0.15, -0.1) is 0 Å². The molecular formula is C12H21N. The molecule has 0 radical (unpaired) electrons. The first-order valence-electron chi connectivity index (χ1n) is 4.92. The van der Waals surface area contributed by atoms with Gasteiger partial charge in [-0.2, -0.15) is 0 Å². The Morgan fingerprint density at radius 1 is 1.31 bits per heavy atom. The van der Waals surface area contributed by atoms with E-state index in [4.69, 9.17) is 0 Å². The molecule has 13 heavy (non-hydrogen) atoms. The highest BCUT2D eigenvalue weighted by molar-refractivity contribution is 5.21. The Kier molecular flexibility index (Phi) is 7.08. The Bertz CT molecular complexity index is 199. The fraction of sp³-hybridized carbons (Fsp3) is 0.500. The first kappa shape index (κ1) is 12.0. The Hall–Kier alpha value is -0.980. The minimum Gasteiger partial charge on any atom is -0.389 e. The molecule has 0 saturated carbocycles. The van der Waals surface area contributed by atoms with Crippen molar-refractivity contribution >= 4 is 0 Å². The van der Waals surface area contributed by atoms with Crippen LogP contribution in [0.1, 0.15) is 33.6 Å². The predicted molar refractivity (Wildman–Crippen MR) is 60.6 cm³/mol. The van der Waals surface area contributed by atoms with Crippen molar-refractivity contribution in [3.8, 4) is 0 Å². The molecular weight excluding hydrogens is 158 g/mol. The molecule has 74 valence electrons. The third-order valence-corrected chi connectivity index (χ3v) is 1.85. The van der Waals surface area contributed by atoms with Gasteiger partial charge in [0.1, 0.15) is 0 Å². The molecule has 0 aromatic heterocycles. The number of nitrogens with one attached hydrogen (secondary N) is 1. The zero-order valence-electron chi connectivity index (χ0n) is 9.06. The van der Waals surface area contributed by atoms with Crippen molar-refractivity contribution < 1.29 is 0 Å². The molecule has 0 heterocycles. The van der Waals surface area contributed by atoms with Gasteiger partial charge in [0.15, 0.2) is 0 Å². The first-order chi connectivity index (χ1) is 6.20. The van der Waals surface area contributed by atoms with E-state index in [0.717, 1.165) is 6.54 Å². The summed E-state index contributed by atoms with van der Waals surface area (Å²) >= 11 is 0. The van der Waals surface area contributed by atoms with Gasteiger partial charge in [0.05, 0.1) is 0 Å². The molecule has 0 aliphatic heterocycles. The van der Waals surface area contributed by atoms with Crippen molar-refractivity contribution in [2.24, 2.45) is 0 Å². The van der Waals surface area contributed by atoms with E-state index in [1.807, 2.05) is 13.0 Å². The molecule has 0 rings (SSSR count). The van der Waals surface area contributed by atoms with Crippen molar-refractivity contribution in [1.29, 1.82) is 0 Å². The van der Waals surface area contributed by atoms with Gasteiger partial charge in [-0.1, -0.05) is 37.6 Å². The van der Waals surface area contributed by atoms with Crippen molar-refractivity contribution in [3.63, 3.8) is 0 Å². The lowest BCUT2D eigenvalue weighted by atomic mass is 10.2. The molecule has 0 aliphatic rings. The maximum atomic E-state index is 3.70. The van der Waals surface area contributed by atoms with Crippen molar-refractivity contribution in [3.05, 3.63) is 36.1 Å². The number of rotatable bonds is 6. The number of hydrogen-bond acceptors (Lipinski definition) is 1. The van der Waals surface area contributed by atoms with Crippen LogP contribution < -0.4 is 5.32 Å². The van der Waals surface area contributed by atoms with Crippen LogP contribution in [0.15, 0.2) is 36.1 Å². The summed E-state index contributed by atoms with van der Waals surface area (Å²) < 4.78 is 0. The van der Waals surface area contributed by atoms with Gasteiger partial charge in [0, 0.05) is 12.2 Å². The monoisotopic (exact) mass is 179 g/mol. The van der Waals surface area contributed by atoms with E-state index in [9.17, 15) is 0 Å². The van der Waals surface area contributed by atoms with Crippen LogP contribution >= 0.6 is 0 Å². The average Bonchev–Trinajstić information content (AvgIpc) is 2.14. The summed E-state index contributed by atoms with van der Waals surface area (Å²) in [7, 11) is 0. The van der Waals surface area contributed by atoms with Crippen molar-refractivity contribution in [1.82, 2.24) is 5.32 Å². The zero-order valence-corrected chi connectivity index (χ0v) is 9.06. The lowest BCUT2D eigenvalue weighted by Crippen LogP contribution is -2.11. The van der Waals surface area contributed by atoms with Crippen LogP contribution in [-0.4, -0.2) is 6.54 Å². The predicted octanol–water partition coefficient (Wildman–Crippen LogP) is 3.41. The van der Waals surface area contributed by atoms with Gasteiger partial charge in [0.25, 0.3) is 0 Å². The van der Waals surface area contributed by atoms with Crippen LogP contribution in [0.25, 0.3) is 0 Å². The maximum absolute atomic E-state index is 3.70. The second kappa shape index (κ2) is 7.66. The minimum absolute atomic E-state index is 1.07. The fourth-order valence-corrected chi connectivity index (χ4v) is 0.846. The van der Waals surface area contributed by atoms with Gasteiger partial charge >= 0.3 is 0 Å². The molecule has 1 heteroatoms. The van der Waals surface area contributed by atoms with Crippen molar-refractivity contribution in [2.75, 3.05) is 6.54 Å². The summed E-state index contributed by atoms with van der Waals surface area (Å²) in [6.07, 6.45) is 8.49. The Balaban J connectivity index is 3.81. The highest BCUT2D eigenvalue weighted by Gasteiger charge is 1.85. The van der Waals surface area contributed by atoms with Crippen LogP contribution in [0.3, 0.4) is 0 Å². The summed E-state index contributed by atoms with van der Waals surface area (Å²) in [6.45, 7) is 11.1. The zero-order chi connectivity index (χ0) is 10.1. The molecule has 0 spiro atoms. The van der Waals surface area contributed by atoms with E-state index in [1.165, 1.54) is 24.1 Å². The molecule has 0 saturated heterocycles. The standard InChI is InChI=1S/C12H21N/c1-5-7-10-13-12(4)9-8-11(3)6-2/h6,8-9,13H,2,5,7,10H2,1,3-4H3/b11-8-,12-9+. The van der Waals surface area contributed by atoms with Crippen LogP contribution in [-0.2, 0) is 0 Å². The number of unbranched alkanes of at least 4 members (excludes halogenated alkanes) is 1. The van der Waals surface area contributed by atoms with Crippen molar-refractivity contribution in [2.45, 2.75) is 33.6 Å². The summed E-state index contributed by atoms with van der Waals surface area (Å²) in [5.74, 6) is 0. The van der Waals surface area contributed by atoms with Crippen LogP contribution in [0.2, 0.25) is 0 Å². The molecule has 0 bridgehead atoms. The van der Waals surface area contributed by atoms with E-state index < -0.39 is 0 Å². The molecule has 0 atom stereocenters. The molecule has 0 aliphatic carbocycles. The molecule has 1 nitrogen and oxygen atoms in total. The summed E-state index contributed by atoms with van der Waals surface area (Å²) in [5.41, 5.74) is 2.41. The summed E-state index contributed by atoms with van der Waals surface area (Å²) in [4.78, 5) is 0. The molecule has 0 fully saturated rings. The van der Waals surface area contributed by atoms with Gasteiger partial charge < -0.3 is 5.32 Å². The third-order valence-electron chi connectivity index (χ3n) is 1.85. The molecule has 0 amide bonds. The van der Waals surface area contributed by atoms with E-state index in [2.05, 4.69) is 37.9 Å². The smallest absolute Gasteiger partial charge is 0.0143 e. The van der Waals surface area contributed by atoms with Gasteiger partial charge in [-0.3, -0.25) is 0 Å². The molecule has 1 N–H and O–H groups in total. The van der Waals surface area contributed by atoms with E-state index >= 15 is 0 Å². The third kappa shape index (κ3) is 7.38. The first-order valence-corrected chi connectivity index (χ1v) is 4.92. The van der Waals surface area contributed by atoms with E-state index in [1.54, 1.807) is 0 Å². The quantitative estimate of drug-likeness (QED) is 0.486. The lowest BCUT2D eigenvalue weighted by molar-refractivity contribution is 0.710. The van der Waals surface area contributed by atoms with E-state index in [-0.39, 0.29) is 0 Å². The summed E-state index contributed by atoms with van der Waals surface area (Å²) in [5, 5.41) is 3.35. The largest absolute Gasteiger partial charge is 0.389 e. The fourth-order valence-electron chi connectivity index (χ4n) is 0.846. The molecule has 0 aromatic rings. The highest BCUT2D eigenvalue weighted by atomic mass is 14.9. The average molecular weight is 179 g/mol. The van der Waals surface area contributed by atoms with Crippen LogP contribution in [0.5, 0.6) is 0 Å². The molecule has 0 aromatic carbocycles. The SMILES string of the molecule is C=C/C(C)=C\C=C(/C)NCCCC. The normalized spacial score (nSPS) is 12.8. The number of allylic oxidation sites excluding steroid dienone is 5. The van der Waals surface area contributed by atoms with E-state index in [0.29, 0.717) is 0 Å². The number of hydrogen-bond donors (Lipinski definition) is 1. The van der Waals surface area contributed by atoms with Gasteiger partial charge in [-0.05, 0) is 26.3 Å². The van der Waals surface area contributed by atoms with Crippen LogP contribution in [0.4, 0.5) is 0 Å². The second-order valence-electron chi connectivity index (χ2n) is 3.24. The Morgan fingerprint density at radius 3 is 2.54 bits per heavy atom. The van der Waals surface area contributed by atoms with Gasteiger partial charge in [-0.25, -0.2) is 0 Å².